The molecule has 1 fully saturated rings. The van der Waals surface area contributed by atoms with Gasteiger partial charge in [0.2, 0.25) is 5.22 Å². The van der Waals surface area contributed by atoms with Crippen molar-refractivity contribution < 1.29 is 14.3 Å². The third kappa shape index (κ3) is 5.19. The highest BCUT2D eigenvalue weighted by Gasteiger charge is 2.33. The molecule has 11 heteroatoms. The van der Waals surface area contributed by atoms with Gasteiger partial charge in [-0.15, -0.1) is 0 Å². The van der Waals surface area contributed by atoms with Crippen LogP contribution in [-0.4, -0.2) is 46.0 Å². The van der Waals surface area contributed by atoms with Gasteiger partial charge in [-0.05, 0) is 42.1 Å². The number of amides is 1. The fraction of sp³-hybridized carbons (Fsp3) is 0.364. The third-order valence-electron chi connectivity index (χ3n) is 5.88. The number of aromatic nitrogens is 2. The number of aliphatic hydroxyl groups is 1. The molecule has 4 rings (SSSR count). The molecule has 176 valence electrons. The number of piperidine rings is 1. The summed E-state index contributed by atoms with van der Waals surface area (Å²) in [6.07, 6.45) is 2.82. The van der Waals surface area contributed by atoms with Crippen molar-refractivity contribution in [3.63, 3.8) is 0 Å². The highest BCUT2D eigenvalue weighted by Crippen LogP contribution is 2.36. The lowest BCUT2D eigenvalue weighted by Gasteiger charge is -2.37. The summed E-state index contributed by atoms with van der Waals surface area (Å²) in [6.45, 7) is 0.587. The molecular formula is C22H22Cl4N4O3. The average molecular weight is 532 g/mol. The average Bonchev–Trinajstić information content (AvgIpc) is 3.32. The van der Waals surface area contributed by atoms with Crippen molar-refractivity contribution in [3.8, 4) is 11.3 Å². The third-order valence-corrected chi connectivity index (χ3v) is 7.17. The number of benzene rings is 1. The number of nitrogens with one attached hydrogen (secondary N) is 2. The van der Waals surface area contributed by atoms with Gasteiger partial charge in [0, 0.05) is 44.3 Å². The summed E-state index contributed by atoms with van der Waals surface area (Å²) in [4.78, 5) is 13.1. The zero-order valence-corrected chi connectivity index (χ0v) is 20.6. The molecule has 33 heavy (non-hydrogen) atoms. The van der Waals surface area contributed by atoms with Crippen LogP contribution in [0.25, 0.3) is 11.3 Å². The van der Waals surface area contributed by atoms with E-state index >= 15 is 0 Å². The Labute approximate surface area is 210 Å². The number of aliphatic hydroxyl groups excluding tert-OH is 1. The van der Waals surface area contributed by atoms with Crippen molar-refractivity contribution in [2.45, 2.75) is 30.8 Å². The zero-order valence-electron chi connectivity index (χ0n) is 17.6. The molecule has 1 aromatic carbocycles. The molecule has 3 aromatic rings. The smallest absolute Gasteiger partial charge is 0.287 e. The van der Waals surface area contributed by atoms with Crippen LogP contribution in [0.4, 0.5) is 0 Å². The van der Waals surface area contributed by atoms with Gasteiger partial charge in [-0.3, -0.25) is 9.48 Å². The molecular weight excluding hydrogens is 510 g/mol. The fourth-order valence-corrected chi connectivity index (χ4v) is 5.03. The van der Waals surface area contributed by atoms with Crippen molar-refractivity contribution in [3.05, 3.63) is 62.1 Å². The predicted octanol–water partition coefficient (Wildman–Crippen LogP) is 4.92. The summed E-state index contributed by atoms with van der Waals surface area (Å²) in [7, 11) is 1.72. The maximum Gasteiger partial charge on any atom is 0.287 e. The molecule has 3 heterocycles. The molecule has 3 N–H and O–H groups in total. The number of rotatable bonds is 6. The highest BCUT2D eigenvalue weighted by atomic mass is 35.5. The number of halogens is 4. The number of aryl methyl sites for hydroxylation is 1. The first-order chi connectivity index (χ1) is 15.8. The van der Waals surface area contributed by atoms with Gasteiger partial charge in [0.1, 0.15) is 0 Å². The van der Waals surface area contributed by atoms with Gasteiger partial charge in [0.15, 0.2) is 5.76 Å². The summed E-state index contributed by atoms with van der Waals surface area (Å²) in [5.74, 6) is -0.380. The van der Waals surface area contributed by atoms with Crippen LogP contribution in [-0.2, 0) is 7.05 Å². The molecule has 1 amide bonds. The van der Waals surface area contributed by atoms with Crippen LogP contribution < -0.4 is 10.6 Å². The lowest BCUT2D eigenvalue weighted by atomic mass is 9.82. The lowest BCUT2D eigenvalue weighted by molar-refractivity contribution is 0.0888. The monoisotopic (exact) mass is 530 g/mol. The highest BCUT2D eigenvalue weighted by molar-refractivity contribution is 6.42. The Hall–Kier alpha value is -1.74. The number of hydrogen-bond acceptors (Lipinski definition) is 5. The SMILES string of the molecule is Cn1ncc(Cl)c1-c1cc(C(=O)N[C@@H]2CNC(CCO)C[C@H]2c2ccc(Cl)c(Cl)c2)oc1Cl. The number of carbonyl (C=O) groups excluding carboxylic acids is 1. The Morgan fingerprint density at radius 3 is 2.70 bits per heavy atom. The summed E-state index contributed by atoms with van der Waals surface area (Å²) < 4.78 is 7.11. The molecule has 3 atom stereocenters. The van der Waals surface area contributed by atoms with Gasteiger partial charge >= 0.3 is 0 Å². The standard InChI is InChI=1S/C22H22Cl4N4O3/c1-30-20(17(25)9-28-30)14-8-19(33-21(14)26)22(32)29-18-10-27-12(4-5-31)7-13(18)11-2-3-15(23)16(24)6-11/h2-3,6,8-9,12-13,18,27,31H,4-5,7,10H2,1H3,(H,29,32)/t12?,13-,18+/m0/s1. The van der Waals surface area contributed by atoms with Crippen LogP contribution in [0.2, 0.25) is 20.3 Å². The molecule has 0 bridgehead atoms. The van der Waals surface area contributed by atoms with Crippen LogP contribution in [0, 0.1) is 0 Å². The van der Waals surface area contributed by atoms with Crippen LogP contribution in [0.5, 0.6) is 0 Å². The predicted molar refractivity (Wildman–Crippen MR) is 129 cm³/mol. The molecule has 7 nitrogen and oxygen atoms in total. The van der Waals surface area contributed by atoms with E-state index < -0.39 is 5.91 Å². The topological polar surface area (TPSA) is 92.3 Å². The van der Waals surface area contributed by atoms with Crippen molar-refractivity contribution in [2.75, 3.05) is 13.2 Å². The summed E-state index contributed by atoms with van der Waals surface area (Å²) in [5.41, 5.74) is 2.00. The summed E-state index contributed by atoms with van der Waals surface area (Å²) in [5, 5.41) is 21.3. The van der Waals surface area contributed by atoms with Crippen LogP contribution in [0.3, 0.4) is 0 Å². The van der Waals surface area contributed by atoms with Crippen molar-refractivity contribution >= 4 is 52.3 Å². The Balaban J connectivity index is 1.58. The Morgan fingerprint density at radius 2 is 2.03 bits per heavy atom. The summed E-state index contributed by atoms with van der Waals surface area (Å²) in [6, 6.07) is 6.89. The number of hydrogen-bond donors (Lipinski definition) is 3. The minimum absolute atomic E-state index is 0.0436. The van der Waals surface area contributed by atoms with Crippen molar-refractivity contribution in [1.82, 2.24) is 20.4 Å². The second-order valence-corrected chi connectivity index (χ2v) is 9.54. The van der Waals surface area contributed by atoms with E-state index in [9.17, 15) is 9.90 Å². The largest absolute Gasteiger partial charge is 0.439 e. The van der Waals surface area contributed by atoms with E-state index in [1.807, 2.05) is 12.1 Å². The number of furan rings is 1. The van der Waals surface area contributed by atoms with E-state index in [4.69, 9.17) is 50.8 Å². The van der Waals surface area contributed by atoms with Gasteiger partial charge in [-0.25, -0.2) is 0 Å². The molecule has 0 aliphatic carbocycles. The van der Waals surface area contributed by atoms with Gasteiger partial charge in [0.05, 0.1) is 32.5 Å². The van der Waals surface area contributed by atoms with E-state index in [1.165, 1.54) is 6.20 Å². The lowest BCUT2D eigenvalue weighted by Crippen LogP contribution is -2.53. The zero-order chi connectivity index (χ0) is 23.7. The van der Waals surface area contributed by atoms with E-state index in [0.717, 1.165) is 5.56 Å². The van der Waals surface area contributed by atoms with Crippen LogP contribution in [0.15, 0.2) is 34.9 Å². The normalized spacial score (nSPS) is 20.7. The molecule has 0 spiro atoms. The summed E-state index contributed by atoms with van der Waals surface area (Å²) >= 11 is 24.8. The Kier molecular flexibility index (Phi) is 7.58. The molecule has 1 aliphatic rings. The molecule has 1 aliphatic heterocycles. The number of nitrogens with zero attached hydrogens (tertiary/aromatic N) is 2. The second kappa shape index (κ2) is 10.3. The molecule has 1 saturated heterocycles. The first-order valence-electron chi connectivity index (χ1n) is 10.4. The van der Waals surface area contributed by atoms with E-state index in [0.29, 0.717) is 45.7 Å². The molecule has 2 aromatic heterocycles. The second-order valence-electron chi connectivity index (χ2n) is 7.98. The van der Waals surface area contributed by atoms with Gasteiger partial charge in [-0.1, -0.05) is 40.9 Å². The van der Waals surface area contributed by atoms with Crippen molar-refractivity contribution in [2.24, 2.45) is 7.05 Å². The van der Waals surface area contributed by atoms with E-state index in [2.05, 4.69) is 15.7 Å². The first kappa shape index (κ1) is 24.4. The first-order valence-corrected chi connectivity index (χ1v) is 11.9. The van der Waals surface area contributed by atoms with Gasteiger partial charge in [0.25, 0.3) is 5.91 Å². The molecule has 0 saturated carbocycles. The van der Waals surface area contributed by atoms with Gasteiger partial charge in [-0.2, -0.15) is 5.10 Å². The fourth-order valence-electron chi connectivity index (χ4n) is 4.22. The quantitative estimate of drug-likeness (QED) is 0.420. The Morgan fingerprint density at radius 1 is 1.24 bits per heavy atom. The molecule has 1 unspecified atom stereocenters. The minimum atomic E-state index is -0.404. The van der Waals surface area contributed by atoms with Crippen LogP contribution >= 0.6 is 46.4 Å². The maximum absolute atomic E-state index is 13.1. The van der Waals surface area contributed by atoms with E-state index in [1.54, 1.807) is 23.9 Å². The maximum atomic E-state index is 13.1. The van der Waals surface area contributed by atoms with Crippen molar-refractivity contribution in [1.29, 1.82) is 0 Å². The number of carbonyl (C=O) groups is 1. The minimum Gasteiger partial charge on any atom is -0.439 e. The van der Waals surface area contributed by atoms with Crippen LogP contribution in [0.1, 0.15) is 34.9 Å². The molecule has 0 radical (unpaired) electrons. The Bertz CT molecular complexity index is 1140. The van der Waals surface area contributed by atoms with E-state index in [-0.39, 0.29) is 35.6 Å². The van der Waals surface area contributed by atoms with Gasteiger partial charge < -0.3 is 20.2 Å².